The van der Waals surface area contributed by atoms with Crippen LogP contribution in [0.3, 0.4) is 0 Å². The highest BCUT2D eigenvalue weighted by Crippen LogP contribution is 2.16. The molecular formula is C18H21IN4O4. The third-order valence-corrected chi connectivity index (χ3v) is 4.57. The third-order valence-electron chi connectivity index (χ3n) is 3.85. The first kappa shape index (κ1) is 20.9. The van der Waals surface area contributed by atoms with Gasteiger partial charge in [0.05, 0.1) is 11.9 Å². The molecule has 27 heavy (non-hydrogen) atoms. The van der Waals surface area contributed by atoms with Crippen molar-refractivity contribution in [3.05, 3.63) is 54.2 Å². The summed E-state index contributed by atoms with van der Waals surface area (Å²) in [5.41, 5.74) is 0.932. The maximum atomic E-state index is 12.1. The van der Waals surface area contributed by atoms with E-state index in [1.807, 2.05) is 0 Å². The van der Waals surface area contributed by atoms with E-state index < -0.39 is 17.1 Å². The number of rotatable bonds is 8. The number of carbonyl (C=O) groups excluding carboxylic acids is 1. The summed E-state index contributed by atoms with van der Waals surface area (Å²) >= 11 is 2.11. The number of unbranched alkanes of at least 4 members (excludes halogenated alkanes) is 3. The molecule has 1 heterocycles. The molecule has 0 unspecified atom stereocenters. The molecule has 1 aromatic carbocycles. The number of aromatic hydroxyl groups is 1. The lowest BCUT2D eigenvalue weighted by Gasteiger charge is -2.09. The lowest BCUT2D eigenvalue weighted by Crippen LogP contribution is -2.31. The number of benzene rings is 1. The standard InChI is InChI=1S/C18H21IN4O4/c1-2-3-4-5-6-15(24)22-20-11-14-16(25)21-18(27)23(17(14)26)13-9-7-12(19)8-10-13/h7-11,26H,2-6H2,1H3,(H,22,24)(H,21,25,27)/b20-11+. The van der Waals surface area contributed by atoms with Gasteiger partial charge >= 0.3 is 5.69 Å². The molecule has 1 aromatic heterocycles. The van der Waals surface area contributed by atoms with Crippen LogP contribution >= 0.6 is 22.6 Å². The first-order chi connectivity index (χ1) is 12.9. The van der Waals surface area contributed by atoms with Crippen LogP contribution in [-0.2, 0) is 4.79 Å². The van der Waals surface area contributed by atoms with E-state index in [9.17, 15) is 19.5 Å². The van der Waals surface area contributed by atoms with Crippen LogP contribution in [0, 0.1) is 3.57 Å². The zero-order chi connectivity index (χ0) is 19.8. The monoisotopic (exact) mass is 484 g/mol. The number of hydrazone groups is 1. The Morgan fingerprint density at radius 2 is 1.96 bits per heavy atom. The Labute approximate surface area is 169 Å². The number of aromatic nitrogens is 2. The van der Waals surface area contributed by atoms with Crippen LogP contribution in [0.25, 0.3) is 5.69 Å². The number of aromatic amines is 1. The molecule has 9 heteroatoms. The van der Waals surface area contributed by atoms with Crippen molar-refractivity contribution in [3.8, 4) is 11.6 Å². The van der Waals surface area contributed by atoms with Gasteiger partial charge in [-0.25, -0.2) is 14.8 Å². The zero-order valence-corrected chi connectivity index (χ0v) is 17.0. The lowest BCUT2D eigenvalue weighted by molar-refractivity contribution is -0.121. The minimum absolute atomic E-state index is 0.223. The normalized spacial score (nSPS) is 11.0. The van der Waals surface area contributed by atoms with Crippen LogP contribution in [-0.4, -0.2) is 26.8 Å². The van der Waals surface area contributed by atoms with Gasteiger partial charge in [-0.2, -0.15) is 5.10 Å². The third kappa shape index (κ3) is 5.78. The van der Waals surface area contributed by atoms with Gasteiger partial charge in [-0.3, -0.25) is 14.6 Å². The van der Waals surface area contributed by atoms with E-state index in [2.05, 4.69) is 45.0 Å². The van der Waals surface area contributed by atoms with E-state index >= 15 is 0 Å². The highest BCUT2D eigenvalue weighted by Gasteiger charge is 2.14. The predicted molar refractivity (Wildman–Crippen MR) is 112 cm³/mol. The second-order valence-corrected chi connectivity index (χ2v) is 7.16. The van der Waals surface area contributed by atoms with Crippen molar-refractivity contribution in [1.82, 2.24) is 15.0 Å². The molecule has 0 aliphatic heterocycles. The van der Waals surface area contributed by atoms with Gasteiger partial charge in [-0.05, 0) is 53.3 Å². The minimum Gasteiger partial charge on any atom is -0.493 e. The molecule has 0 saturated carbocycles. The Morgan fingerprint density at radius 1 is 1.26 bits per heavy atom. The average Bonchev–Trinajstić information content (AvgIpc) is 2.63. The number of carbonyl (C=O) groups is 1. The van der Waals surface area contributed by atoms with Crippen LogP contribution in [0.5, 0.6) is 5.88 Å². The molecular weight excluding hydrogens is 463 g/mol. The van der Waals surface area contributed by atoms with Gasteiger partial charge in [0.2, 0.25) is 11.8 Å². The van der Waals surface area contributed by atoms with E-state index in [0.717, 1.165) is 40.0 Å². The van der Waals surface area contributed by atoms with Gasteiger partial charge in [-0.15, -0.1) is 0 Å². The summed E-state index contributed by atoms with van der Waals surface area (Å²) in [6.45, 7) is 2.09. The highest BCUT2D eigenvalue weighted by atomic mass is 127. The average molecular weight is 484 g/mol. The van der Waals surface area contributed by atoms with Crippen molar-refractivity contribution < 1.29 is 9.90 Å². The number of amides is 1. The first-order valence-electron chi connectivity index (χ1n) is 8.60. The number of halogens is 1. The Morgan fingerprint density at radius 3 is 2.63 bits per heavy atom. The van der Waals surface area contributed by atoms with Gasteiger partial charge < -0.3 is 5.11 Å². The highest BCUT2D eigenvalue weighted by molar-refractivity contribution is 14.1. The van der Waals surface area contributed by atoms with Gasteiger partial charge in [0.25, 0.3) is 5.56 Å². The Kier molecular flexibility index (Phi) is 7.77. The Hall–Kier alpha value is -2.43. The van der Waals surface area contributed by atoms with Gasteiger partial charge in [0, 0.05) is 9.99 Å². The van der Waals surface area contributed by atoms with Crippen molar-refractivity contribution in [2.24, 2.45) is 5.10 Å². The van der Waals surface area contributed by atoms with E-state index in [1.165, 1.54) is 0 Å². The maximum absolute atomic E-state index is 12.1. The Bertz CT molecular complexity index is 932. The molecule has 0 fully saturated rings. The number of nitrogens with zero attached hydrogens (tertiary/aromatic N) is 2. The molecule has 0 radical (unpaired) electrons. The molecule has 0 spiro atoms. The molecule has 0 aliphatic carbocycles. The molecule has 0 aliphatic rings. The SMILES string of the molecule is CCCCCCC(=O)N/N=C/c1c(O)n(-c2ccc(I)cc2)c(=O)[nH]c1=O. The molecule has 2 aromatic rings. The topological polar surface area (TPSA) is 117 Å². The van der Waals surface area contributed by atoms with Crippen molar-refractivity contribution in [3.63, 3.8) is 0 Å². The second-order valence-electron chi connectivity index (χ2n) is 5.91. The summed E-state index contributed by atoms with van der Waals surface area (Å²) in [7, 11) is 0. The summed E-state index contributed by atoms with van der Waals surface area (Å²) < 4.78 is 1.92. The molecule has 144 valence electrons. The summed E-state index contributed by atoms with van der Waals surface area (Å²) in [5.74, 6) is -0.824. The first-order valence-corrected chi connectivity index (χ1v) is 9.68. The zero-order valence-electron chi connectivity index (χ0n) is 14.9. The van der Waals surface area contributed by atoms with Crippen molar-refractivity contribution in [2.45, 2.75) is 39.0 Å². The van der Waals surface area contributed by atoms with Crippen molar-refractivity contribution in [2.75, 3.05) is 0 Å². The lowest BCUT2D eigenvalue weighted by atomic mass is 10.1. The predicted octanol–water partition coefficient (Wildman–Crippen LogP) is 2.26. The largest absolute Gasteiger partial charge is 0.493 e. The van der Waals surface area contributed by atoms with Crippen LogP contribution in [0.2, 0.25) is 0 Å². The molecule has 8 nitrogen and oxygen atoms in total. The fourth-order valence-corrected chi connectivity index (χ4v) is 2.78. The number of hydrogen-bond donors (Lipinski definition) is 3. The molecule has 0 atom stereocenters. The quantitative estimate of drug-likeness (QED) is 0.231. The molecule has 1 amide bonds. The van der Waals surface area contributed by atoms with Crippen LogP contribution < -0.4 is 16.7 Å². The molecule has 2 rings (SSSR count). The van der Waals surface area contributed by atoms with Crippen LogP contribution in [0.15, 0.2) is 39.0 Å². The second kappa shape index (κ2) is 10.0. The van der Waals surface area contributed by atoms with E-state index in [1.54, 1.807) is 24.3 Å². The minimum atomic E-state index is -0.791. The smallest absolute Gasteiger partial charge is 0.335 e. The summed E-state index contributed by atoms with van der Waals surface area (Å²) in [6.07, 6.45) is 5.24. The van der Waals surface area contributed by atoms with E-state index in [-0.39, 0.29) is 11.5 Å². The summed E-state index contributed by atoms with van der Waals surface area (Å²) in [6, 6.07) is 6.80. The summed E-state index contributed by atoms with van der Waals surface area (Å²) in [5, 5.41) is 14.1. The van der Waals surface area contributed by atoms with E-state index in [4.69, 9.17) is 0 Å². The van der Waals surface area contributed by atoms with Crippen LogP contribution in [0.1, 0.15) is 44.6 Å². The number of hydrogen-bond acceptors (Lipinski definition) is 5. The van der Waals surface area contributed by atoms with Gasteiger partial charge in [0.15, 0.2) is 0 Å². The van der Waals surface area contributed by atoms with Crippen molar-refractivity contribution >= 4 is 34.7 Å². The fraction of sp³-hybridized carbons (Fsp3) is 0.333. The number of nitrogens with one attached hydrogen (secondary N) is 2. The summed E-state index contributed by atoms with van der Waals surface area (Å²) in [4.78, 5) is 37.9. The molecule has 3 N–H and O–H groups in total. The van der Waals surface area contributed by atoms with E-state index in [0.29, 0.717) is 12.1 Å². The molecule has 0 saturated heterocycles. The van der Waals surface area contributed by atoms with Crippen LogP contribution in [0.4, 0.5) is 0 Å². The number of H-pyrrole nitrogens is 1. The fourth-order valence-electron chi connectivity index (χ4n) is 2.42. The molecule has 0 bridgehead atoms. The van der Waals surface area contributed by atoms with Gasteiger partial charge in [-0.1, -0.05) is 26.2 Å². The van der Waals surface area contributed by atoms with Crippen molar-refractivity contribution in [1.29, 1.82) is 0 Å². The van der Waals surface area contributed by atoms with Gasteiger partial charge in [0.1, 0.15) is 5.56 Å². The Balaban J connectivity index is 2.19. The maximum Gasteiger partial charge on any atom is 0.335 e.